The van der Waals surface area contributed by atoms with Crippen LogP contribution in [0.1, 0.15) is 55.3 Å². The predicted molar refractivity (Wildman–Crippen MR) is 84.5 cm³/mol. The lowest BCUT2D eigenvalue weighted by Crippen LogP contribution is -2.32. The number of aromatic nitrogens is 1. The summed E-state index contributed by atoms with van der Waals surface area (Å²) in [5, 5.41) is 1.10. The Hall–Kier alpha value is -2.58. The normalized spacial score (nSPS) is 14.7. The molecule has 1 aliphatic rings. The highest BCUT2D eigenvalue weighted by Gasteiger charge is 2.39. The molecule has 3 rings (SSSR count). The van der Waals surface area contributed by atoms with Crippen LogP contribution in [0.3, 0.4) is 0 Å². The number of thiazole rings is 1. The van der Waals surface area contributed by atoms with Gasteiger partial charge in [-0.3, -0.25) is 9.59 Å². The largest absolute Gasteiger partial charge is 0.375 e. The Morgan fingerprint density at radius 1 is 1.25 bits per heavy atom. The van der Waals surface area contributed by atoms with Crippen molar-refractivity contribution in [2.24, 2.45) is 0 Å². The molecule has 7 nitrogen and oxygen atoms in total. The molecule has 1 aliphatic heterocycles. The maximum Gasteiger partial charge on any atom is 0.375 e. The first-order valence-corrected chi connectivity index (χ1v) is 8.12. The lowest BCUT2D eigenvalue weighted by atomic mass is 10.1. The molecule has 2 aromatic rings. The first-order valence-electron chi connectivity index (χ1n) is 7.30. The Labute approximate surface area is 141 Å². The van der Waals surface area contributed by atoms with Gasteiger partial charge < -0.3 is 9.57 Å². The molecular formula is C16H14N2O5S. The fraction of sp³-hybridized carbons (Fsp3) is 0.250. The number of imide groups is 1. The van der Waals surface area contributed by atoms with E-state index in [2.05, 4.69) is 4.98 Å². The van der Waals surface area contributed by atoms with Crippen molar-refractivity contribution in [3.8, 4) is 0 Å². The number of carbonyl (C=O) groups is 3. The quantitative estimate of drug-likeness (QED) is 0.774. The maximum atomic E-state index is 12.2. The molecular weight excluding hydrogens is 332 g/mol. The molecule has 1 aromatic carbocycles. The van der Waals surface area contributed by atoms with Gasteiger partial charge in [0, 0.05) is 6.61 Å². The Bertz CT molecular complexity index is 781. The number of rotatable bonds is 5. The molecule has 0 radical (unpaired) electrons. The van der Waals surface area contributed by atoms with Gasteiger partial charge in [0.1, 0.15) is 16.0 Å². The van der Waals surface area contributed by atoms with Gasteiger partial charge in [-0.1, -0.05) is 17.2 Å². The van der Waals surface area contributed by atoms with Crippen molar-refractivity contribution in [1.82, 2.24) is 10.0 Å². The van der Waals surface area contributed by atoms with E-state index in [1.165, 1.54) is 18.3 Å². The Kier molecular flexibility index (Phi) is 4.41. The lowest BCUT2D eigenvalue weighted by Gasteiger charge is -2.11. The van der Waals surface area contributed by atoms with Crippen molar-refractivity contribution in [1.29, 1.82) is 0 Å². The van der Waals surface area contributed by atoms with Crippen molar-refractivity contribution in [2.45, 2.75) is 20.0 Å². The van der Waals surface area contributed by atoms with Gasteiger partial charge in [0.15, 0.2) is 0 Å². The monoisotopic (exact) mass is 346 g/mol. The van der Waals surface area contributed by atoms with Crippen LogP contribution in [0.5, 0.6) is 0 Å². The van der Waals surface area contributed by atoms with Crippen molar-refractivity contribution < 1.29 is 24.0 Å². The van der Waals surface area contributed by atoms with E-state index in [-0.39, 0.29) is 22.1 Å². The van der Waals surface area contributed by atoms with Crippen LogP contribution in [0.25, 0.3) is 0 Å². The molecule has 0 fully saturated rings. The Morgan fingerprint density at radius 2 is 1.88 bits per heavy atom. The van der Waals surface area contributed by atoms with Crippen molar-refractivity contribution in [3.05, 3.63) is 51.5 Å². The van der Waals surface area contributed by atoms with E-state index in [1.807, 2.05) is 13.8 Å². The van der Waals surface area contributed by atoms with Crippen molar-refractivity contribution in [2.75, 3.05) is 6.61 Å². The van der Waals surface area contributed by atoms with Crippen LogP contribution in [-0.4, -0.2) is 34.4 Å². The molecule has 1 unspecified atom stereocenters. The van der Waals surface area contributed by atoms with E-state index >= 15 is 0 Å². The Morgan fingerprint density at radius 3 is 2.46 bits per heavy atom. The van der Waals surface area contributed by atoms with Gasteiger partial charge in [0.05, 0.1) is 17.3 Å². The average Bonchev–Trinajstić information content (AvgIpc) is 3.16. The minimum absolute atomic E-state index is 0.188. The molecule has 124 valence electrons. The molecule has 2 amide bonds. The minimum Gasteiger partial charge on any atom is -0.372 e. The minimum atomic E-state index is -0.808. The first-order chi connectivity index (χ1) is 11.5. The molecule has 0 saturated heterocycles. The average molecular weight is 346 g/mol. The Balaban J connectivity index is 1.74. The second-order valence-corrected chi connectivity index (χ2v) is 6.05. The predicted octanol–water partition coefficient (Wildman–Crippen LogP) is 2.61. The van der Waals surface area contributed by atoms with Gasteiger partial charge in [0.2, 0.25) is 0 Å². The highest BCUT2D eigenvalue weighted by Crippen LogP contribution is 2.26. The highest BCUT2D eigenvalue weighted by molar-refractivity contribution is 7.13. The summed E-state index contributed by atoms with van der Waals surface area (Å²) in [6.45, 7) is 4.21. The summed E-state index contributed by atoms with van der Waals surface area (Å²) in [5.41, 5.74) is 0.426. The first kappa shape index (κ1) is 16.3. The van der Waals surface area contributed by atoms with E-state index in [4.69, 9.17) is 9.57 Å². The van der Waals surface area contributed by atoms with Crippen molar-refractivity contribution in [3.63, 3.8) is 0 Å². The number of hydroxylamine groups is 2. The summed E-state index contributed by atoms with van der Waals surface area (Å²) >= 11 is 1.10. The summed E-state index contributed by atoms with van der Waals surface area (Å²) < 4.78 is 5.41. The van der Waals surface area contributed by atoms with Gasteiger partial charge in [-0.2, -0.15) is 0 Å². The van der Waals surface area contributed by atoms with Crippen LogP contribution in [0.4, 0.5) is 0 Å². The SMILES string of the molecule is CCOC(C)c1ncc(C(=O)ON2C(=O)c3ccccc3C2=O)s1. The van der Waals surface area contributed by atoms with Crippen LogP contribution in [0.15, 0.2) is 30.5 Å². The van der Waals surface area contributed by atoms with Gasteiger partial charge in [-0.25, -0.2) is 9.78 Å². The molecule has 0 saturated carbocycles. The summed E-state index contributed by atoms with van der Waals surface area (Å²) in [6.07, 6.45) is 1.09. The smallest absolute Gasteiger partial charge is 0.372 e. The van der Waals surface area contributed by atoms with Crippen LogP contribution in [0, 0.1) is 0 Å². The molecule has 0 bridgehead atoms. The van der Waals surface area contributed by atoms with Crippen molar-refractivity contribution >= 4 is 29.1 Å². The third-order valence-corrected chi connectivity index (χ3v) is 4.56. The third kappa shape index (κ3) is 2.81. The maximum absolute atomic E-state index is 12.2. The van der Waals surface area contributed by atoms with Gasteiger partial charge >= 0.3 is 5.97 Å². The number of carbonyl (C=O) groups excluding carboxylic acids is 3. The summed E-state index contributed by atoms with van der Waals surface area (Å²) in [4.78, 5) is 45.8. The zero-order chi connectivity index (χ0) is 17.3. The number of fused-ring (bicyclic) bond motifs is 1. The molecule has 8 heteroatoms. The summed E-state index contributed by atoms with van der Waals surface area (Å²) in [7, 11) is 0. The second-order valence-electron chi connectivity index (χ2n) is 4.99. The number of ether oxygens (including phenoxy) is 1. The zero-order valence-electron chi connectivity index (χ0n) is 13.0. The van der Waals surface area contributed by atoms with E-state index < -0.39 is 17.8 Å². The summed E-state index contributed by atoms with van der Waals surface area (Å²) in [6, 6.07) is 6.30. The fourth-order valence-electron chi connectivity index (χ4n) is 2.27. The molecule has 0 N–H and O–H groups in total. The number of hydrogen-bond donors (Lipinski definition) is 0. The third-order valence-electron chi connectivity index (χ3n) is 3.42. The molecule has 1 aromatic heterocycles. The van der Waals surface area contributed by atoms with E-state index in [9.17, 15) is 14.4 Å². The van der Waals surface area contributed by atoms with E-state index in [1.54, 1.807) is 12.1 Å². The van der Waals surface area contributed by atoms with Gasteiger partial charge in [0.25, 0.3) is 11.8 Å². The standard InChI is InChI=1S/C16H14N2O5S/c1-3-22-9(2)13-17-8-12(24-13)16(21)23-18-14(19)10-6-4-5-7-11(10)15(18)20/h4-9H,3H2,1-2H3. The topological polar surface area (TPSA) is 85.8 Å². The molecule has 2 heterocycles. The van der Waals surface area contributed by atoms with E-state index in [0.717, 1.165) is 11.3 Å². The molecule has 1 atom stereocenters. The zero-order valence-corrected chi connectivity index (χ0v) is 13.8. The van der Waals surface area contributed by atoms with E-state index in [0.29, 0.717) is 16.7 Å². The van der Waals surface area contributed by atoms with Crippen LogP contribution < -0.4 is 0 Å². The fourth-order valence-corrected chi connectivity index (χ4v) is 3.06. The number of nitrogens with zero attached hydrogens (tertiary/aromatic N) is 2. The van der Waals surface area contributed by atoms with Crippen LogP contribution in [0.2, 0.25) is 0 Å². The number of hydrogen-bond acceptors (Lipinski definition) is 7. The van der Waals surface area contributed by atoms with Gasteiger partial charge in [-0.05, 0) is 26.0 Å². The molecule has 0 spiro atoms. The molecule has 24 heavy (non-hydrogen) atoms. The van der Waals surface area contributed by atoms with Crippen LogP contribution in [-0.2, 0) is 9.57 Å². The number of amides is 2. The van der Waals surface area contributed by atoms with Gasteiger partial charge in [-0.15, -0.1) is 11.3 Å². The second kappa shape index (κ2) is 6.50. The summed E-state index contributed by atoms with van der Waals surface area (Å²) in [5.74, 6) is -2.12. The van der Waals surface area contributed by atoms with Crippen LogP contribution >= 0.6 is 11.3 Å². The highest BCUT2D eigenvalue weighted by atomic mass is 32.1. The lowest BCUT2D eigenvalue weighted by molar-refractivity contribution is -0.0581. The molecule has 0 aliphatic carbocycles. The number of benzene rings is 1.